The summed E-state index contributed by atoms with van der Waals surface area (Å²) in [5, 5.41) is 5.74. The van der Waals surface area contributed by atoms with Gasteiger partial charge < -0.3 is 15.5 Å². The van der Waals surface area contributed by atoms with E-state index in [1.165, 1.54) is 0 Å². The zero-order valence-electron chi connectivity index (χ0n) is 17.4. The fourth-order valence-corrected chi connectivity index (χ4v) is 2.60. The summed E-state index contributed by atoms with van der Waals surface area (Å²) in [5.41, 5.74) is 1.54. The Morgan fingerprint density at radius 1 is 1.07 bits per heavy atom. The number of carbonyl (C=O) groups is 2. The van der Waals surface area contributed by atoms with E-state index in [1.54, 1.807) is 30.5 Å². The van der Waals surface area contributed by atoms with Crippen LogP contribution < -0.4 is 15.5 Å². The topological polar surface area (TPSA) is 74.3 Å². The molecule has 2 rings (SSSR count). The molecule has 0 aliphatic rings. The molecule has 0 aliphatic carbocycles. The molecule has 2 aromatic rings. The molecule has 0 spiro atoms. The maximum absolute atomic E-state index is 12.5. The van der Waals surface area contributed by atoms with E-state index in [4.69, 9.17) is 0 Å². The van der Waals surface area contributed by atoms with E-state index in [9.17, 15) is 9.59 Å². The van der Waals surface area contributed by atoms with Gasteiger partial charge in [0.1, 0.15) is 5.82 Å². The van der Waals surface area contributed by atoms with Crippen LogP contribution >= 0.6 is 0 Å². The summed E-state index contributed by atoms with van der Waals surface area (Å²) in [6.45, 7) is 11.9. The van der Waals surface area contributed by atoms with E-state index in [-0.39, 0.29) is 11.8 Å². The second kappa shape index (κ2) is 9.35. The molecule has 0 fully saturated rings. The van der Waals surface area contributed by atoms with Crippen LogP contribution in [-0.2, 0) is 11.3 Å². The van der Waals surface area contributed by atoms with Crippen LogP contribution in [0.5, 0.6) is 0 Å². The lowest BCUT2D eigenvalue weighted by Gasteiger charge is -2.19. The van der Waals surface area contributed by atoms with Gasteiger partial charge in [-0.15, -0.1) is 0 Å². The minimum atomic E-state index is -0.497. The third-order valence-corrected chi connectivity index (χ3v) is 4.41. The van der Waals surface area contributed by atoms with Crippen molar-refractivity contribution in [3.8, 4) is 0 Å². The summed E-state index contributed by atoms with van der Waals surface area (Å²) in [6, 6.07) is 10.9. The Kier molecular flexibility index (Phi) is 7.15. The van der Waals surface area contributed by atoms with Crippen molar-refractivity contribution in [3.05, 3.63) is 53.7 Å². The van der Waals surface area contributed by atoms with E-state index in [0.29, 0.717) is 17.8 Å². The molecule has 0 bridgehead atoms. The fourth-order valence-electron chi connectivity index (χ4n) is 2.60. The second-order valence-electron chi connectivity index (χ2n) is 7.66. The van der Waals surface area contributed by atoms with Gasteiger partial charge in [0, 0.05) is 42.5 Å². The second-order valence-corrected chi connectivity index (χ2v) is 7.66. The number of rotatable bonds is 7. The van der Waals surface area contributed by atoms with Crippen molar-refractivity contribution in [3.63, 3.8) is 0 Å². The molecule has 0 unspecified atom stereocenters. The van der Waals surface area contributed by atoms with Crippen LogP contribution in [0.2, 0.25) is 0 Å². The van der Waals surface area contributed by atoms with E-state index in [1.807, 2.05) is 32.9 Å². The lowest BCUT2D eigenvalue weighted by Crippen LogP contribution is -2.28. The third kappa shape index (κ3) is 5.81. The van der Waals surface area contributed by atoms with Crippen LogP contribution in [0.4, 0.5) is 11.5 Å². The smallest absolute Gasteiger partial charge is 0.251 e. The number of anilines is 2. The molecular formula is C22H30N4O2. The van der Waals surface area contributed by atoms with Gasteiger partial charge >= 0.3 is 0 Å². The Bertz CT molecular complexity index is 806. The van der Waals surface area contributed by atoms with Crippen LogP contribution in [0.25, 0.3) is 0 Å². The molecule has 0 saturated heterocycles. The largest absolute Gasteiger partial charge is 0.357 e. The first-order valence-corrected chi connectivity index (χ1v) is 9.64. The lowest BCUT2D eigenvalue weighted by atomic mass is 9.95. The number of pyridine rings is 1. The number of nitrogens with one attached hydrogen (secondary N) is 2. The SMILES string of the molecule is CCN(CC)c1ccc(CNC(=O)c2cccc(NC(=O)C(C)(C)C)c2)cn1. The lowest BCUT2D eigenvalue weighted by molar-refractivity contribution is -0.123. The molecule has 150 valence electrons. The molecular weight excluding hydrogens is 352 g/mol. The first kappa shape index (κ1) is 21.4. The Morgan fingerprint density at radius 3 is 2.36 bits per heavy atom. The summed E-state index contributed by atoms with van der Waals surface area (Å²) >= 11 is 0. The summed E-state index contributed by atoms with van der Waals surface area (Å²) in [6.07, 6.45) is 1.79. The number of amides is 2. The highest BCUT2D eigenvalue weighted by Gasteiger charge is 2.21. The van der Waals surface area contributed by atoms with Gasteiger partial charge in [-0.05, 0) is 43.7 Å². The zero-order valence-corrected chi connectivity index (χ0v) is 17.4. The van der Waals surface area contributed by atoms with Crippen LogP contribution in [0, 0.1) is 5.41 Å². The van der Waals surface area contributed by atoms with Crippen molar-refractivity contribution in [1.29, 1.82) is 0 Å². The summed E-state index contributed by atoms with van der Waals surface area (Å²) < 4.78 is 0. The summed E-state index contributed by atoms with van der Waals surface area (Å²) in [7, 11) is 0. The standard InChI is InChI=1S/C22H30N4O2/c1-6-26(7-2)19-12-11-16(14-23-19)15-24-20(27)17-9-8-10-18(13-17)25-21(28)22(3,4)5/h8-14H,6-7,15H2,1-5H3,(H,24,27)(H,25,28). The van der Waals surface area contributed by atoms with Gasteiger partial charge in [-0.3, -0.25) is 9.59 Å². The first-order valence-electron chi connectivity index (χ1n) is 9.64. The Morgan fingerprint density at radius 2 is 1.79 bits per heavy atom. The molecule has 1 aromatic heterocycles. The molecule has 1 heterocycles. The number of nitrogens with zero attached hydrogens (tertiary/aromatic N) is 2. The highest BCUT2D eigenvalue weighted by molar-refractivity contribution is 5.98. The van der Waals surface area contributed by atoms with Crippen molar-refractivity contribution in [1.82, 2.24) is 10.3 Å². The molecule has 0 atom stereocenters. The molecule has 0 radical (unpaired) electrons. The van der Waals surface area contributed by atoms with Crippen LogP contribution in [-0.4, -0.2) is 29.9 Å². The van der Waals surface area contributed by atoms with Crippen molar-refractivity contribution in [2.45, 2.75) is 41.2 Å². The normalized spacial score (nSPS) is 11.0. The van der Waals surface area contributed by atoms with Gasteiger partial charge in [-0.25, -0.2) is 4.98 Å². The van der Waals surface area contributed by atoms with Crippen LogP contribution in [0.15, 0.2) is 42.6 Å². The van der Waals surface area contributed by atoms with Crippen molar-refractivity contribution < 1.29 is 9.59 Å². The average molecular weight is 383 g/mol. The quantitative estimate of drug-likeness (QED) is 0.763. The molecule has 28 heavy (non-hydrogen) atoms. The van der Waals surface area contributed by atoms with Gasteiger partial charge in [0.2, 0.25) is 5.91 Å². The maximum atomic E-state index is 12.5. The zero-order chi connectivity index (χ0) is 20.7. The van der Waals surface area contributed by atoms with Gasteiger partial charge in [-0.2, -0.15) is 0 Å². The van der Waals surface area contributed by atoms with E-state index >= 15 is 0 Å². The number of hydrogen-bond acceptors (Lipinski definition) is 4. The molecule has 2 amide bonds. The Hall–Kier alpha value is -2.89. The average Bonchev–Trinajstić information content (AvgIpc) is 2.67. The monoisotopic (exact) mass is 382 g/mol. The summed E-state index contributed by atoms with van der Waals surface area (Å²) in [5.74, 6) is 0.645. The molecule has 6 nitrogen and oxygen atoms in total. The number of aromatic nitrogens is 1. The van der Waals surface area contributed by atoms with Crippen molar-refractivity contribution in [2.75, 3.05) is 23.3 Å². The highest BCUT2D eigenvalue weighted by atomic mass is 16.2. The van der Waals surface area contributed by atoms with Gasteiger partial charge in [0.15, 0.2) is 0 Å². The number of benzene rings is 1. The minimum absolute atomic E-state index is 0.0931. The molecule has 1 aromatic carbocycles. The predicted octanol–water partition coefficient (Wildman–Crippen LogP) is 3.84. The number of hydrogen-bond donors (Lipinski definition) is 2. The summed E-state index contributed by atoms with van der Waals surface area (Å²) in [4.78, 5) is 31.2. The van der Waals surface area contributed by atoms with E-state index in [0.717, 1.165) is 24.5 Å². The molecule has 2 N–H and O–H groups in total. The number of carbonyl (C=O) groups excluding carboxylic acids is 2. The van der Waals surface area contributed by atoms with Crippen LogP contribution in [0.1, 0.15) is 50.5 Å². The Labute approximate surface area is 167 Å². The van der Waals surface area contributed by atoms with E-state index in [2.05, 4.69) is 34.4 Å². The maximum Gasteiger partial charge on any atom is 0.251 e. The predicted molar refractivity (Wildman–Crippen MR) is 113 cm³/mol. The first-order chi connectivity index (χ1) is 13.2. The Balaban J connectivity index is 1.98. The minimum Gasteiger partial charge on any atom is -0.357 e. The van der Waals surface area contributed by atoms with Crippen LogP contribution in [0.3, 0.4) is 0 Å². The van der Waals surface area contributed by atoms with Gasteiger partial charge in [-0.1, -0.05) is 32.9 Å². The molecule has 0 saturated carbocycles. The molecule has 0 aliphatic heterocycles. The highest BCUT2D eigenvalue weighted by Crippen LogP contribution is 2.18. The van der Waals surface area contributed by atoms with E-state index < -0.39 is 5.41 Å². The van der Waals surface area contributed by atoms with Gasteiger partial charge in [0.25, 0.3) is 5.91 Å². The fraction of sp³-hybridized carbons (Fsp3) is 0.409. The van der Waals surface area contributed by atoms with Crippen molar-refractivity contribution >= 4 is 23.3 Å². The van der Waals surface area contributed by atoms with Crippen molar-refractivity contribution in [2.24, 2.45) is 5.41 Å². The molecule has 6 heteroatoms. The third-order valence-electron chi connectivity index (χ3n) is 4.41. The van der Waals surface area contributed by atoms with Gasteiger partial charge in [0.05, 0.1) is 0 Å².